The molecule has 4 rings (SSSR count). The smallest absolute Gasteiger partial charge is 0.155 e. The predicted molar refractivity (Wildman–Crippen MR) is 99.0 cm³/mol. The fourth-order valence-electron chi connectivity index (χ4n) is 6.28. The minimum absolute atomic E-state index is 0.0726. The Balaban J connectivity index is 1.83. The second-order valence-corrected chi connectivity index (χ2v) is 9.66. The average molecular weight is 345 g/mol. The van der Waals surface area contributed by atoms with E-state index in [-0.39, 0.29) is 10.8 Å². The van der Waals surface area contributed by atoms with Crippen LogP contribution in [0.25, 0.3) is 0 Å². The zero-order valence-corrected chi connectivity index (χ0v) is 15.9. The lowest BCUT2D eigenvalue weighted by atomic mass is 9.50. The third-order valence-corrected chi connectivity index (χ3v) is 8.84. The molecule has 0 heterocycles. The van der Waals surface area contributed by atoms with Gasteiger partial charge >= 0.3 is 0 Å². The molecule has 1 unspecified atom stereocenters. The van der Waals surface area contributed by atoms with Gasteiger partial charge in [0.25, 0.3) is 0 Å². The lowest BCUT2D eigenvalue weighted by Gasteiger charge is -2.55. The van der Waals surface area contributed by atoms with Crippen LogP contribution in [-0.2, 0) is 9.59 Å². The molecule has 0 bridgehead atoms. The van der Waals surface area contributed by atoms with E-state index >= 15 is 0 Å². The van der Waals surface area contributed by atoms with Gasteiger partial charge in [-0.25, -0.2) is 0 Å². The number of fused-ring (bicyclic) bond motifs is 5. The van der Waals surface area contributed by atoms with Gasteiger partial charge < -0.3 is 0 Å². The molecule has 0 N–H and O–H groups in total. The van der Waals surface area contributed by atoms with Crippen molar-refractivity contribution in [3.8, 4) is 0 Å². The number of ketones is 2. The van der Waals surface area contributed by atoms with E-state index in [2.05, 4.69) is 26.2 Å². The summed E-state index contributed by atoms with van der Waals surface area (Å²) < 4.78 is 0. The first kappa shape index (κ1) is 16.6. The second-order valence-electron chi connectivity index (χ2n) is 8.48. The number of carbonyl (C=O) groups excluding carboxylic acids is 2. The van der Waals surface area contributed by atoms with Crippen LogP contribution in [0.15, 0.2) is 23.3 Å². The van der Waals surface area contributed by atoms with E-state index in [1.165, 1.54) is 5.57 Å². The van der Waals surface area contributed by atoms with Crippen molar-refractivity contribution < 1.29 is 9.59 Å². The average Bonchev–Trinajstić information content (AvgIpc) is 2.89. The van der Waals surface area contributed by atoms with Gasteiger partial charge in [0.15, 0.2) is 5.78 Å². The van der Waals surface area contributed by atoms with Gasteiger partial charge in [0.1, 0.15) is 5.78 Å². The Labute approximate surface area is 149 Å². The molecular formula is C21H28O2S. The van der Waals surface area contributed by atoms with Gasteiger partial charge in [-0.3, -0.25) is 9.59 Å². The molecule has 4 aliphatic rings. The standard InChI is InChI=1S/C21H28O2S/c1-13(24-3)21-11-8-15(22)12-14(21)4-5-16-17-6-7-19(23)20(17,2)10-9-18(16)21/h9,12-13,16-17H,4-8,10-11H2,1-3H3/t13?,16-,17-,20-,21+/m0/s1. The van der Waals surface area contributed by atoms with E-state index in [9.17, 15) is 9.59 Å². The molecule has 0 spiro atoms. The number of hydrogen-bond donors (Lipinski definition) is 0. The molecule has 0 amide bonds. The highest BCUT2D eigenvalue weighted by molar-refractivity contribution is 7.99. The summed E-state index contributed by atoms with van der Waals surface area (Å²) in [5.41, 5.74) is 2.93. The van der Waals surface area contributed by atoms with Crippen LogP contribution in [0.4, 0.5) is 0 Å². The van der Waals surface area contributed by atoms with Crippen LogP contribution in [-0.4, -0.2) is 23.1 Å². The van der Waals surface area contributed by atoms with Gasteiger partial charge in [-0.2, -0.15) is 11.8 Å². The van der Waals surface area contributed by atoms with Gasteiger partial charge in [-0.1, -0.05) is 31.1 Å². The van der Waals surface area contributed by atoms with Crippen LogP contribution in [0.2, 0.25) is 0 Å². The predicted octanol–water partition coefficient (Wildman–Crippen LogP) is 4.74. The van der Waals surface area contributed by atoms with E-state index in [1.807, 2.05) is 17.8 Å². The normalized spacial score (nSPS) is 42.6. The molecule has 2 fully saturated rings. The summed E-state index contributed by atoms with van der Waals surface area (Å²) in [6.45, 7) is 4.55. The summed E-state index contributed by atoms with van der Waals surface area (Å²) in [7, 11) is 0. The van der Waals surface area contributed by atoms with Gasteiger partial charge in [-0.05, 0) is 56.3 Å². The molecule has 2 nitrogen and oxygen atoms in total. The van der Waals surface area contributed by atoms with E-state index in [0.29, 0.717) is 35.1 Å². The van der Waals surface area contributed by atoms with Gasteiger partial charge in [0.05, 0.1) is 0 Å². The maximum atomic E-state index is 12.5. The zero-order chi connectivity index (χ0) is 17.1. The number of allylic oxidation sites excluding steroid dienone is 4. The fraction of sp³-hybridized carbons (Fsp3) is 0.714. The Morgan fingerprint density at radius 2 is 2.00 bits per heavy atom. The van der Waals surface area contributed by atoms with Crippen molar-refractivity contribution >= 4 is 23.3 Å². The molecule has 24 heavy (non-hydrogen) atoms. The first-order chi connectivity index (χ1) is 11.4. The summed E-state index contributed by atoms with van der Waals surface area (Å²) >= 11 is 1.93. The summed E-state index contributed by atoms with van der Waals surface area (Å²) in [6, 6.07) is 0. The molecule has 4 aliphatic carbocycles. The highest BCUT2D eigenvalue weighted by atomic mass is 32.2. The number of Topliss-reactive ketones (excluding diaryl/α,β-unsaturated/α-hetero) is 1. The Morgan fingerprint density at radius 3 is 2.75 bits per heavy atom. The van der Waals surface area contributed by atoms with Crippen molar-refractivity contribution in [2.75, 3.05) is 6.26 Å². The number of carbonyl (C=O) groups is 2. The molecular weight excluding hydrogens is 316 g/mol. The molecule has 2 saturated carbocycles. The van der Waals surface area contributed by atoms with Crippen LogP contribution in [0.3, 0.4) is 0 Å². The SMILES string of the molecule is CSC(C)[C@]12CCC(=O)C=C1CC[C@@H]1C2=CC[C@]2(C)C(=O)CC[C@@H]12. The molecule has 5 atom stereocenters. The molecule has 0 aliphatic heterocycles. The minimum Gasteiger partial charge on any atom is -0.299 e. The highest BCUT2D eigenvalue weighted by Gasteiger charge is 2.58. The number of hydrogen-bond acceptors (Lipinski definition) is 3. The van der Waals surface area contributed by atoms with Crippen LogP contribution in [0.5, 0.6) is 0 Å². The lowest BCUT2D eigenvalue weighted by molar-refractivity contribution is -0.127. The van der Waals surface area contributed by atoms with Crippen molar-refractivity contribution in [1.29, 1.82) is 0 Å². The molecule has 0 saturated heterocycles. The number of thioether (sulfide) groups is 1. The fourth-order valence-corrected chi connectivity index (χ4v) is 7.09. The molecule has 0 aromatic rings. The first-order valence-electron chi connectivity index (χ1n) is 9.44. The van der Waals surface area contributed by atoms with E-state index < -0.39 is 0 Å². The minimum atomic E-state index is -0.121. The third kappa shape index (κ3) is 2.03. The Hall–Kier alpha value is -0.830. The van der Waals surface area contributed by atoms with Gasteiger partial charge in [0.2, 0.25) is 0 Å². The Kier molecular flexibility index (Phi) is 3.87. The summed E-state index contributed by atoms with van der Waals surface area (Å²) in [5.74, 6) is 1.87. The Morgan fingerprint density at radius 1 is 1.21 bits per heavy atom. The molecule has 3 heteroatoms. The van der Waals surface area contributed by atoms with Crippen LogP contribution >= 0.6 is 11.8 Å². The van der Waals surface area contributed by atoms with E-state index in [0.717, 1.165) is 38.5 Å². The van der Waals surface area contributed by atoms with Crippen molar-refractivity contribution in [2.45, 2.75) is 64.0 Å². The monoisotopic (exact) mass is 344 g/mol. The summed E-state index contributed by atoms with van der Waals surface area (Å²) in [4.78, 5) is 24.6. The number of rotatable bonds is 2. The lowest BCUT2D eigenvalue weighted by Crippen LogP contribution is -2.49. The van der Waals surface area contributed by atoms with Crippen molar-refractivity contribution in [3.05, 3.63) is 23.3 Å². The summed E-state index contributed by atoms with van der Waals surface area (Å²) in [5, 5.41) is 0.493. The Bertz CT molecular complexity index is 661. The molecule has 0 aromatic heterocycles. The van der Waals surface area contributed by atoms with Crippen LogP contribution in [0, 0.1) is 22.7 Å². The molecule has 130 valence electrons. The van der Waals surface area contributed by atoms with Crippen molar-refractivity contribution in [3.63, 3.8) is 0 Å². The van der Waals surface area contributed by atoms with Gasteiger partial charge in [-0.15, -0.1) is 0 Å². The maximum absolute atomic E-state index is 12.5. The van der Waals surface area contributed by atoms with Crippen molar-refractivity contribution in [1.82, 2.24) is 0 Å². The quantitative estimate of drug-likeness (QED) is 0.679. The first-order valence-corrected chi connectivity index (χ1v) is 10.7. The highest BCUT2D eigenvalue weighted by Crippen LogP contribution is 2.64. The van der Waals surface area contributed by atoms with Crippen molar-refractivity contribution in [2.24, 2.45) is 22.7 Å². The third-order valence-electron chi connectivity index (χ3n) is 7.73. The van der Waals surface area contributed by atoms with E-state index in [4.69, 9.17) is 0 Å². The van der Waals surface area contributed by atoms with Crippen LogP contribution < -0.4 is 0 Å². The topological polar surface area (TPSA) is 34.1 Å². The zero-order valence-electron chi connectivity index (χ0n) is 15.1. The van der Waals surface area contributed by atoms with E-state index in [1.54, 1.807) is 5.57 Å². The maximum Gasteiger partial charge on any atom is 0.155 e. The summed E-state index contributed by atoms with van der Waals surface area (Å²) in [6.07, 6.45) is 13.2. The largest absolute Gasteiger partial charge is 0.299 e. The van der Waals surface area contributed by atoms with Gasteiger partial charge in [0, 0.05) is 28.9 Å². The molecule has 0 radical (unpaired) electrons. The molecule has 0 aromatic carbocycles. The van der Waals surface area contributed by atoms with Crippen LogP contribution in [0.1, 0.15) is 58.8 Å². The second kappa shape index (κ2) is 5.59.